The zero-order valence-corrected chi connectivity index (χ0v) is 18.8. The molecular weight excluding hydrogens is 396 g/mol. The van der Waals surface area contributed by atoms with Crippen LogP contribution in [0.2, 0.25) is 0 Å². The van der Waals surface area contributed by atoms with E-state index in [0.29, 0.717) is 58.4 Å². The number of benzene rings is 1. The quantitative estimate of drug-likeness (QED) is 0.701. The second-order valence-electron chi connectivity index (χ2n) is 8.82. The predicted molar refractivity (Wildman–Crippen MR) is 118 cm³/mol. The Hall–Kier alpha value is -2.77. The number of nitrogens with one attached hydrogen (secondary N) is 2. The van der Waals surface area contributed by atoms with Crippen molar-refractivity contribution in [2.75, 3.05) is 26.2 Å². The number of piperidine rings is 1. The van der Waals surface area contributed by atoms with Crippen molar-refractivity contribution < 1.29 is 19.1 Å². The van der Waals surface area contributed by atoms with Crippen LogP contribution in [0.15, 0.2) is 24.3 Å². The van der Waals surface area contributed by atoms with E-state index in [1.165, 1.54) is 6.92 Å². The van der Waals surface area contributed by atoms with Gasteiger partial charge in [-0.1, -0.05) is 18.2 Å². The summed E-state index contributed by atoms with van der Waals surface area (Å²) in [7, 11) is 0. The van der Waals surface area contributed by atoms with Crippen LogP contribution in [0.1, 0.15) is 52.0 Å². The average molecular weight is 431 g/mol. The lowest BCUT2D eigenvalue weighted by molar-refractivity contribution is -0.135. The Morgan fingerprint density at radius 2 is 1.84 bits per heavy atom. The standard InChI is InChI=1S/C23H34N4O4/c1-17(2)25-22(30)27-15-19-7-4-5-8-20(19)31-23(16-27)10-13-26(14-11-23)21(29)9-6-12-24-18(3)28/h4-5,7-8,17H,6,9-16H2,1-3H3,(H,24,28)(H,25,30). The highest BCUT2D eigenvalue weighted by Gasteiger charge is 2.42. The van der Waals surface area contributed by atoms with E-state index in [0.717, 1.165) is 11.3 Å². The summed E-state index contributed by atoms with van der Waals surface area (Å²) in [4.78, 5) is 40.1. The highest BCUT2D eigenvalue weighted by atomic mass is 16.5. The summed E-state index contributed by atoms with van der Waals surface area (Å²) >= 11 is 0. The number of fused-ring (bicyclic) bond motifs is 1. The number of carbonyl (C=O) groups excluding carboxylic acids is 3. The summed E-state index contributed by atoms with van der Waals surface area (Å²) in [5.74, 6) is 0.838. The largest absolute Gasteiger partial charge is 0.485 e. The number of rotatable bonds is 5. The molecule has 0 aliphatic carbocycles. The molecule has 2 N–H and O–H groups in total. The van der Waals surface area contributed by atoms with Crippen LogP contribution in [0.5, 0.6) is 5.75 Å². The van der Waals surface area contributed by atoms with Crippen molar-refractivity contribution in [1.82, 2.24) is 20.4 Å². The monoisotopic (exact) mass is 430 g/mol. The van der Waals surface area contributed by atoms with E-state index in [-0.39, 0.29) is 23.9 Å². The van der Waals surface area contributed by atoms with Crippen LogP contribution >= 0.6 is 0 Å². The molecule has 1 spiro atoms. The molecule has 1 fully saturated rings. The first-order valence-corrected chi connectivity index (χ1v) is 11.1. The van der Waals surface area contributed by atoms with Gasteiger partial charge in [0.15, 0.2) is 0 Å². The van der Waals surface area contributed by atoms with Crippen LogP contribution in [0, 0.1) is 0 Å². The maximum atomic E-state index is 12.8. The molecule has 1 saturated heterocycles. The lowest BCUT2D eigenvalue weighted by Gasteiger charge is -2.42. The minimum atomic E-state index is -0.506. The molecule has 2 heterocycles. The molecule has 8 nitrogen and oxygen atoms in total. The molecule has 1 aromatic carbocycles. The lowest BCUT2D eigenvalue weighted by atomic mass is 9.90. The van der Waals surface area contributed by atoms with Gasteiger partial charge in [-0.2, -0.15) is 0 Å². The fraction of sp³-hybridized carbons (Fsp3) is 0.609. The van der Waals surface area contributed by atoms with Gasteiger partial charge in [0.25, 0.3) is 0 Å². The third-order valence-corrected chi connectivity index (χ3v) is 5.81. The van der Waals surface area contributed by atoms with Gasteiger partial charge in [-0.15, -0.1) is 0 Å². The predicted octanol–water partition coefficient (Wildman–Crippen LogP) is 2.28. The van der Waals surface area contributed by atoms with Crippen molar-refractivity contribution in [2.24, 2.45) is 0 Å². The number of ether oxygens (including phenoxy) is 1. The van der Waals surface area contributed by atoms with Crippen LogP contribution < -0.4 is 15.4 Å². The minimum Gasteiger partial charge on any atom is -0.485 e. The summed E-state index contributed by atoms with van der Waals surface area (Å²) in [5, 5.41) is 5.72. The van der Waals surface area contributed by atoms with Gasteiger partial charge in [0.1, 0.15) is 11.4 Å². The van der Waals surface area contributed by atoms with E-state index < -0.39 is 5.60 Å². The number of hydrogen-bond donors (Lipinski definition) is 2. The maximum absolute atomic E-state index is 12.8. The van der Waals surface area contributed by atoms with Crippen molar-refractivity contribution in [2.45, 2.75) is 64.6 Å². The van der Waals surface area contributed by atoms with E-state index in [1.54, 1.807) is 0 Å². The van der Waals surface area contributed by atoms with Gasteiger partial charge < -0.3 is 25.2 Å². The summed E-state index contributed by atoms with van der Waals surface area (Å²) in [6.45, 7) is 8.08. The second-order valence-corrected chi connectivity index (χ2v) is 8.82. The molecule has 3 rings (SSSR count). The van der Waals surface area contributed by atoms with E-state index >= 15 is 0 Å². The minimum absolute atomic E-state index is 0.0554. The van der Waals surface area contributed by atoms with E-state index in [4.69, 9.17) is 4.74 Å². The molecule has 0 radical (unpaired) electrons. The first-order valence-electron chi connectivity index (χ1n) is 11.1. The molecule has 8 heteroatoms. The van der Waals surface area contributed by atoms with Crippen molar-refractivity contribution in [3.05, 3.63) is 29.8 Å². The Bertz CT molecular complexity index is 803. The summed E-state index contributed by atoms with van der Waals surface area (Å²) in [6, 6.07) is 7.83. The molecule has 4 amide bonds. The second kappa shape index (κ2) is 10.0. The Morgan fingerprint density at radius 3 is 2.52 bits per heavy atom. The van der Waals surface area contributed by atoms with Crippen molar-refractivity contribution >= 4 is 17.8 Å². The molecule has 0 unspecified atom stereocenters. The number of amides is 4. The van der Waals surface area contributed by atoms with Crippen LogP contribution in [-0.4, -0.2) is 65.5 Å². The van der Waals surface area contributed by atoms with Crippen molar-refractivity contribution in [1.29, 1.82) is 0 Å². The molecule has 31 heavy (non-hydrogen) atoms. The van der Waals surface area contributed by atoms with Gasteiger partial charge in [-0.05, 0) is 26.3 Å². The Labute approximate surface area is 184 Å². The molecule has 2 aliphatic heterocycles. The van der Waals surface area contributed by atoms with Gasteiger partial charge in [0.2, 0.25) is 11.8 Å². The van der Waals surface area contributed by atoms with Crippen molar-refractivity contribution in [3.8, 4) is 5.75 Å². The normalized spacial score (nSPS) is 17.5. The third-order valence-electron chi connectivity index (χ3n) is 5.81. The van der Waals surface area contributed by atoms with E-state index in [1.807, 2.05) is 47.9 Å². The van der Waals surface area contributed by atoms with Crippen LogP contribution in [0.25, 0.3) is 0 Å². The number of carbonyl (C=O) groups is 3. The van der Waals surface area contributed by atoms with Crippen LogP contribution in [0.3, 0.4) is 0 Å². The fourth-order valence-electron chi connectivity index (χ4n) is 4.18. The first-order chi connectivity index (χ1) is 14.8. The molecule has 0 saturated carbocycles. The molecule has 170 valence electrons. The SMILES string of the molecule is CC(=O)NCCCC(=O)N1CCC2(CC1)CN(C(=O)NC(C)C)Cc1ccccc1O2. The fourth-order valence-corrected chi connectivity index (χ4v) is 4.18. The van der Waals surface area contributed by atoms with Crippen molar-refractivity contribution in [3.63, 3.8) is 0 Å². The van der Waals surface area contributed by atoms with Gasteiger partial charge in [0, 0.05) is 57.4 Å². The number of urea groups is 1. The van der Waals surface area contributed by atoms with Crippen LogP contribution in [-0.2, 0) is 16.1 Å². The smallest absolute Gasteiger partial charge is 0.318 e. The van der Waals surface area contributed by atoms with Gasteiger partial charge in [-0.25, -0.2) is 4.79 Å². The highest BCUT2D eigenvalue weighted by Crippen LogP contribution is 2.35. The third kappa shape index (κ3) is 6.12. The van der Waals surface area contributed by atoms with Gasteiger partial charge in [-0.3, -0.25) is 9.59 Å². The summed E-state index contributed by atoms with van der Waals surface area (Å²) < 4.78 is 6.52. The zero-order chi connectivity index (χ0) is 22.4. The highest BCUT2D eigenvalue weighted by molar-refractivity contribution is 5.77. The number of likely N-dealkylation sites (tertiary alicyclic amines) is 1. The molecule has 1 aromatic rings. The molecular formula is C23H34N4O4. The Morgan fingerprint density at radius 1 is 1.13 bits per heavy atom. The van der Waals surface area contributed by atoms with Crippen LogP contribution in [0.4, 0.5) is 4.79 Å². The molecule has 0 atom stereocenters. The van der Waals surface area contributed by atoms with E-state index in [2.05, 4.69) is 10.6 Å². The lowest BCUT2D eigenvalue weighted by Crippen LogP contribution is -2.56. The van der Waals surface area contributed by atoms with Gasteiger partial charge in [0.05, 0.1) is 13.1 Å². The first kappa shape index (κ1) is 22.9. The molecule has 0 bridgehead atoms. The number of nitrogens with zero attached hydrogens (tertiary/aromatic N) is 2. The Kier molecular flexibility index (Phi) is 7.41. The Balaban J connectivity index is 1.66. The van der Waals surface area contributed by atoms with Gasteiger partial charge >= 0.3 is 6.03 Å². The average Bonchev–Trinajstić information content (AvgIpc) is 2.87. The molecule has 2 aliphatic rings. The van der Waals surface area contributed by atoms with E-state index in [9.17, 15) is 14.4 Å². The maximum Gasteiger partial charge on any atom is 0.318 e. The number of para-hydroxylation sites is 1. The summed E-state index contributed by atoms with van der Waals surface area (Å²) in [5.41, 5.74) is 0.489. The topological polar surface area (TPSA) is 91.0 Å². The summed E-state index contributed by atoms with van der Waals surface area (Å²) in [6.07, 6.45) is 2.39. The molecule has 0 aromatic heterocycles. The number of hydrogen-bond acceptors (Lipinski definition) is 4. The zero-order valence-electron chi connectivity index (χ0n) is 18.8.